The summed E-state index contributed by atoms with van der Waals surface area (Å²) in [4.78, 5) is 69.0. The molecule has 12 aromatic heterocycles. The zero-order valence-electron chi connectivity index (χ0n) is 75.8. The van der Waals surface area contributed by atoms with Gasteiger partial charge in [-0.25, -0.2) is 4.98 Å². The average molecular weight is 2470 g/mol. The van der Waals surface area contributed by atoms with E-state index in [9.17, 15) is 14.4 Å². The van der Waals surface area contributed by atoms with Crippen LogP contribution in [0.1, 0.15) is 216 Å². The number of allylic oxidation sites excluding steroid dienone is 6. The number of benzene rings is 8. The number of nitrogens with zero attached hydrogens (tertiary/aromatic N) is 12. The number of halogens is 3. The molecule has 8 aromatic carbocycles. The van der Waals surface area contributed by atoms with Crippen molar-refractivity contribution in [2.45, 2.75) is 194 Å². The van der Waals surface area contributed by atoms with Gasteiger partial charge < -0.3 is 43.5 Å². The first-order valence-electron chi connectivity index (χ1n) is 45.8. The summed E-state index contributed by atoms with van der Waals surface area (Å²) in [7, 11) is 0. The first-order valence-corrected chi connectivity index (χ1v) is 52.1. The van der Waals surface area contributed by atoms with Crippen molar-refractivity contribution >= 4 is 233 Å². The molecular weight excluding hydrogens is 2360 g/mol. The number of para-hydroxylation sites is 8. The number of pyridine rings is 8. The van der Waals surface area contributed by atoms with Gasteiger partial charge in [-0.1, -0.05) is 209 Å². The van der Waals surface area contributed by atoms with E-state index in [1.54, 1.807) is 0 Å². The molecule has 4 fully saturated rings. The van der Waals surface area contributed by atoms with Gasteiger partial charge in [0.1, 0.15) is 5.65 Å². The maximum Gasteiger partial charge on any atom is 3.00 e. The summed E-state index contributed by atoms with van der Waals surface area (Å²) >= 11 is 4.24. The average Bonchev–Trinajstić information content (AvgIpc) is 1.53. The van der Waals surface area contributed by atoms with Crippen LogP contribution in [0.25, 0.3) is 154 Å². The third kappa shape index (κ3) is 21.0. The molecule has 0 bridgehead atoms. The van der Waals surface area contributed by atoms with Crippen molar-refractivity contribution in [2.75, 3.05) is 0 Å². The van der Waals surface area contributed by atoms with E-state index < -0.39 is 0 Å². The molecule has 20 aromatic rings. The Morgan fingerprint density at radius 2 is 0.552 bits per heavy atom. The molecule has 0 atom stereocenters. The number of hydrogen-bond acceptors (Lipinski definition) is 14. The first-order chi connectivity index (χ1) is 64.0. The molecule has 12 heterocycles. The first kappa shape index (κ1) is 99.3. The molecule has 4 aliphatic rings. The van der Waals surface area contributed by atoms with Crippen LogP contribution in [-0.2, 0) is 54.6 Å². The quantitative estimate of drug-likeness (QED) is 0.0443. The summed E-state index contributed by atoms with van der Waals surface area (Å²) in [5.41, 5.74) is 27.5. The van der Waals surface area contributed by atoms with Gasteiger partial charge in [0.2, 0.25) is 0 Å². The van der Waals surface area contributed by atoms with Crippen molar-refractivity contribution in [3.8, 4) is 0 Å². The number of aromatic nitrogens is 12. The topological polar surface area (TPSA) is 233 Å². The predicted molar refractivity (Wildman–Crippen MR) is 566 cm³/mol. The minimum absolute atomic E-state index is 0. The zero-order chi connectivity index (χ0) is 90.8. The molecule has 24 rings (SSSR count). The molecule has 23 heteroatoms. The molecule has 18 nitrogen and oxygen atoms in total. The Labute approximate surface area is 846 Å². The number of rotatable bonds is 7. The summed E-state index contributed by atoms with van der Waals surface area (Å²) in [6.45, 7) is 8.54. The molecule has 4 saturated carbocycles. The van der Waals surface area contributed by atoms with Crippen LogP contribution in [0.2, 0.25) is 0 Å². The molecule has 0 unspecified atom stereocenters. The Hall–Kier alpha value is -10.6. The maximum atomic E-state index is 10.0. The van der Waals surface area contributed by atoms with E-state index in [1.807, 2.05) is 49.1 Å². The largest absolute Gasteiger partial charge is 3.00 e. The molecule has 0 amide bonds. The van der Waals surface area contributed by atoms with E-state index >= 15 is 0 Å². The van der Waals surface area contributed by atoms with E-state index in [-0.39, 0.29) is 98.8 Å². The third-order valence-corrected chi connectivity index (χ3v) is 25.8. The van der Waals surface area contributed by atoms with Gasteiger partial charge in [-0.05, 0) is 256 Å². The van der Waals surface area contributed by atoms with Gasteiger partial charge in [-0.3, -0.25) is 38.7 Å². The summed E-state index contributed by atoms with van der Waals surface area (Å²) in [5.74, 6) is 2.33. The van der Waals surface area contributed by atoms with Crippen molar-refractivity contribution < 1.29 is 69.9 Å². The van der Waals surface area contributed by atoms with Crippen LogP contribution in [-0.4, -0.2) is 90.1 Å². The van der Waals surface area contributed by atoms with Crippen LogP contribution >= 0.6 is 61.2 Å². The van der Waals surface area contributed by atoms with Crippen molar-refractivity contribution in [2.24, 2.45) is 0 Å². The molecule has 685 valence electrons. The predicted octanol–water partition coefficient (Wildman–Crippen LogP) is 29.8. The monoisotopic (exact) mass is 2470 g/mol. The summed E-state index contributed by atoms with van der Waals surface area (Å²) < 4.78 is 9.24. The Balaban J connectivity index is 0.000000132. The second-order valence-electron chi connectivity index (χ2n) is 34.9. The minimum atomic E-state index is -0.125. The van der Waals surface area contributed by atoms with Crippen LogP contribution in [0.5, 0.6) is 0 Å². The number of imidazole rings is 4. The summed E-state index contributed by atoms with van der Waals surface area (Å²) in [6, 6.07) is 80.8. The number of aliphatic hydroxyl groups is 3. The van der Waals surface area contributed by atoms with Crippen LogP contribution in [0, 0.1) is 18.2 Å². The molecule has 0 aliphatic heterocycles. The fourth-order valence-electron chi connectivity index (χ4n) is 20.6. The van der Waals surface area contributed by atoms with Crippen molar-refractivity contribution in [3.63, 3.8) is 0 Å². The van der Waals surface area contributed by atoms with Gasteiger partial charge in [-0.15, -0.1) is 60.4 Å². The van der Waals surface area contributed by atoms with Crippen molar-refractivity contribution in [1.82, 2.24) is 57.5 Å². The number of fused-ring (bicyclic) bond motifs is 32. The fraction of sp³-hybridized carbons (Fsp3) is 0.270. The Morgan fingerprint density at radius 1 is 0.313 bits per heavy atom. The van der Waals surface area contributed by atoms with E-state index in [0.717, 1.165) is 105 Å². The molecule has 0 saturated heterocycles. The van der Waals surface area contributed by atoms with Gasteiger partial charge >= 0.3 is 20.1 Å². The summed E-state index contributed by atoms with van der Waals surface area (Å²) in [6.07, 6.45) is 37.3. The second-order valence-corrected chi connectivity index (χ2v) is 34.9. The van der Waals surface area contributed by atoms with E-state index in [4.69, 9.17) is 55.2 Å². The molecule has 1 radical (unpaired) electrons. The van der Waals surface area contributed by atoms with E-state index in [2.05, 4.69) is 249 Å². The van der Waals surface area contributed by atoms with Crippen LogP contribution < -0.4 is 0 Å². The van der Waals surface area contributed by atoms with E-state index in [1.165, 1.54) is 260 Å². The second kappa shape index (κ2) is 45.8. The van der Waals surface area contributed by atoms with Gasteiger partial charge in [0, 0.05) is 109 Å². The van der Waals surface area contributed by atoms with Gasteiger partial charge in [0.15, 0.2) is 17.3 Å². The molecule has 3 N–H and O–H groups in total. The number of ketones is 3. The van der Waals surface area contributed by atoms with Crippen LogP contribution in [0.3, 0.4) is 0 Å². The van der Waals surface area contributed by atoms with Crippen molar-refractivity contribution in [1.29, 1.82) is 0 Å². The number of carbonyl (C=O) groups is 3. The number of carbonyl (C=O) groups excluding carboxylic acids is 3. The minimum Gasteiger partial charge on any atom is -0.512 e. The van der Waals surface area contributed by atoms with Crippen LogP contribution in [0.4, 0.5) is 0 Å². The zero-order valence-corrected chi connectivity index (χ0v) is 87.2. The Kier molecular flexibility index (Phi) is 34.0. The maximum absolute atomic E-state index is 10.0. The fourth-order valence-corrected chi connectivity index (χ4v) is 20.6. The number of aliphatic hydroxyl groups excluding tert-OH is 3. The Bertz CT molecular complexity index is 6890. The van der Waals surface area contributed by atoms with Gasteiger partial charge in [-0.2, -0.15) is 0 Å². The molecule has 0 spiro atoms. The molecule has 134 heavy (non-hydrogen) atoms. The Morgan fingerprint density at radius 3 is 0.813 bits per heavy atom. The number of hydrogen-bond donors (Lipinski definition) is 3. The third-order valence-electron chi connectivity index (χ3n) is 25.8. The smallest absolute Gasteiger partial charge is 0.512 e. The molecular formula is C111H106I3Ir2N12O6. The SMILES string of the molecule is CC(=O)C=C(C)O.CC(=O)C=C(C)O.CC(=O)C=C(C)O.I.II.[Ir+3].[Ir].[c-]1ccnc2c1c1nc3ccccc3n1c1cccc(C3CCCCC3)c21.[c-]1ccnc2c1c1nc3ccccc3n1c1cccc(C3CCCCC3)c21.[c-]1ccnc2c1c1nc3ccccc3n1c1cccc(C3CCCCC3)c21.c1ccc2c(c1)nc1c3cccnc3c3c(C4CCCCC4)cccc3n21. The normalized spacial score (nSPS) is 14.7. The van der Waals surface area contributed by atoms with E-state index in [0.29, 0.717) is 23.7 Å². The molecule has 4 aliphatic carbocycles. The van der Waals surface area contributed by atoms with Gasteiger partial charge in [0.05, 0.1) is 89.4 Å². The standard InChI is InChI=1S/C24H21N3.3C24H20N3.3C5H8O2.I2.HI.2Ir/c4*1-2-8-16(9-3-1)17-10-6-14-21-22(17)23-18(11-7-15-25-23)24-26-19-12-4-5-13-20(19)27(21)24;3*1-4(6)3-5(2)7;1-2;;;/h4-7,10-16H,1-3,8-9H2;3*4-7,10,12-16H,1-3,8-9H2;3*3,6H,1-2H3;;1H;;/q;3*-1;;;;;;;+3. The van der Waals surface area contributed by atoms with Gasteiger partial charge in [0.25, 0.3) is 0 Å². The van der Waals surface area contributed by atoms with Crippen LogP contribution in [0.15, 0.2) is 260 Å². The summed E-state index contributed by atoms with van der Waals surface area (Å²) in [5, 5.41) is 34.5. The van der Waals surface area contributed by atoms with Crippen molar-refractivity contribution in [3.05, 3.63) is 301 Å².